The largest absolute Gasteiger partial charge is 0.504 e. The number of hydrogen-bond donors (Lipinski definition) is 3. The van der Waals surface area contributed by atoms with E-state index in [9.17, 15) is 10.2 Å². The second kappa shape index (κ2) is 4.32. The number of rotatable bonds is 3. The van der Waals surface area contributed by atoms with Crippen molar-refractivity contribution < 1.29 is 15.1 Å². The Morgan fingerprint density at radius 1 is 1.38 bits per heavy atom. The highest BCUT2D eigenvalue weighted by Crippen LogP contribution is 2.35. The SMILES string of the molecule is CONCc1ccc(Cl)c(O)c1O. The molecule has 0 fully saturated rings. The quantitative estimate of drug-likeness (QED) is 0.514. The maximum atomic E-state index is 9.38. The predicted molar refractivity (Wildman–Crippen MR) is 48.6 cm³/mol. The number of benzene rings is 1. The van der Waals surface area contributed by atoms with Crippen molar-refractivity contribution >= 4 is 11.6 Å². The molecule has 1 aromatic carbocycles. The molecule has 0 heterocycles. The third-order valence-electron chi connectivity index (χ3n) is 1.59. The van der Waals surface area contributed by atoms with Gasteiger partial charge in [0.2, 0.25) is 0 Å². The van der Waals surface area contributed by atoms with Crippen molar-refractivity contribution in [3.05, 3.63) is 22.7 Å². The van der Waals surface area contributed by atoms with Crippen LogP contribution in [0.1, 0.15) is 5.56 Å². The molecule has 0 atom stereocenters. The van der Waals surface area contributed by atoms with Crippen LogP contribution in [0.5, 0.6) is 11.5 Å². The number of hydrogen-bond acceptors (Lipinski definition) is 4. The van der Waals surface area contributed by atoms with Gasteiger partial charge in [0, 0.05) is 12.1 Å². The second-order valence-corrected chi connectivity index (χ2v) is 2.84. The first-order valence-electron chi connectivity index (χ1n) is 3.62. The van der Waals surface area contributed by atoms with Crippen molar-refractivity contribution in [2.45, 2.75) is 6.54 Å². The molecule has 72 valence electrons. The fourth-order valence-electron chi connectivity index (χ4n) is 0.889. The maximum Gasteiger partial charge on any atom is 0.176 e. The summed E-state index contributed by atoms with van der Waals surface area (Å²) < 4.78 is 0. The van der Waals surface area contributed by atoms with Crippen molar-refractivity contribution in [2.24, 2.45) is 0 Å². The Labute approximate surface area is 80.7 Å². The third kappa shape index (κ3) is 2.24. The van der Waals surface area contributed by atoms with Gasteiger partial charge in [0.15, 0.2) is 11.5 Å². The minimum Gasteiger partial charge on any atom is -0.504 e. The summed E-state index contributed by atoms with van der Waals surface area (Å²) >= 11 is 5.56. The van der Waals surface area contributed by atoms with Gasteiger partial charge in [-0.25, -0.2) is 0 Å². The number of nitrogens with one attached hydrogen (secondary N) is 1. The van der Waals surface area contributed by atoms with Crippen molar-refractivity contribution in [1.82, 2.24) is 5.48 Å². The Hall–Kier alpha value is -0.970. The Bertz CT molecular complexity index is 304. The first-order valence-corrected chi connectivity index (χ1v) is 3.99. The summed E-state index contributed by atoms with van der Waals surface area (Å²) in [4.78, 5) is 4.60. The van der Waals surface area contributed by atoms with Gasteiger partial charge in [-0.3, -0.25) is 0 Å². The lowest BCUT2D eigenvalue weighted by atomic mass is 10.2. The summed E-state index contributed by atoms with van der Waals surface area (Å²) in [6.07, 6.45) is 0. The van der Waals surface area contributed by atoms with Crippen molar-refractivity contribution in [3.63, 3.8) is 0 Å². The van der Waals surface area contributed by atoms with Crippen LogP contribution in [0.25, 0.3) is 0 Å². The summed E-state index contributed by atoms with van der Waals surface area (Å²) in [5.74, 6) is -0.533. The van der Waals surface area contributed by atoms with Gasteiger partial charge >= 0.3 is 0 Å². The highest BCUT2D eigenvalue weighted by Gasteiger charge is 2.09. The zero-order valence-corrected chi connectivity index (χ0v) is 7.80. The molecule has 0 amide bonds. The zero-order chi connectivity index (χ0) is 9.84. The molecule has 1 aromatic rings. The summed E-state index contributed by atoms with van der Waals surface area (Å²) in [6, 6.07) is 3.10. The van der Waals surface area contributed by atoms with E-state index in [0.29, 0.717) is 12.1 Å². The highest BCUT2D eigenvalue weighted by atomic mass is 35.5. The van der Waals surface area contributed by atoms with E-state index in [-0.39, 0.29) is 16.5 Å². The zero-order valence-electron chi connectivity index (χ0n) is 7.04. The van der Waals surface area contributed by atoms with E-state index in [4.69, 9.17) is 11.6 Å². The number of aromatic hydroxyl groups is 2. The lowest BCUT2D eigenvalue weighted by Crippen LogP contribution is -2.10. The number of halogens is 1. The molecule has 0 unspecified atom stereocenters. The number of hydroxylamine groups is 1. The molecule has 0 aliphatic carbocycles. The van der Waals surface area contributed by atoms with Crippen LogP contribution in [-0.4, -0.2) is 17.3 Å². The monoisotopic (exact) mass is 203 g/mol. The Balaban J connectivity index is 2.90. The van der Waals surface area contributed by atoms with Gasteiger partial charge in [0.1, 0.15) is 0 Å². The van der Waals surface area contributed by atoms with Crippen molar-refractivity contribution in [2.75, 3.05) is 7.11 Å². The Morgan fingerprint density at radius 3 is 2.69 bits per heavy atom. The molecule has 0 bridgehead atoms. The molecule has 0 radical (unpaired) electrons. The lowest BCUT2D eigenvalue weighted by Gasteiger charge is -2.07. The molecule has 3 N–H and O–H groups in total. The summed E-state index contributed by atoms with van der Waals surface area (Å²) in [7, 11) is 1.47. The minimum atomic E-state index is -0.308. The maximum absolute atomic E-state index is 9.38. The van der Waals surface area contributed by atoms with Crippen LogP contribution >= 0.6 is 11.6 Å². The summed E-state index contributed by atoms with van der Waals surface area (Å²) in [5, 5.41) is 18.7. The molecule has 13 heavy (non-hydrogen) atoms. The van der Waals surface area contributed by atoms with Gasteiger partial charge < -0.3 is 15.1 Å². The van der Waals surface area contributed by atoms with Crippen molar-refractivity contribution in [3.8, 4) is 11.5 Å². The first kappa shape index (κ1) is 10.1. The highest BCUT2D eigenvalue weighted by molar-refractivity contribution is 6.32. The van der Waals surface area contributed by atoms with Crippen LogP contribution in [0.3, 0.4) is 0 Å². The van der Waals surface area contributed by atoms with E-state index in [0.717, 1.165) is 0 Å². The van der Waals surface area contributed by atoms with Gasteiger partial charge in [0.05, 0.1) is 12.1 Å². The smallest absolute Gasteiger partial charge is 0.176 e. The molecule has 0 aliphatic rings. The normalized spacial score (nSPS) is 10.3. The molecule has 4 nitrogen and oxygen atoms in total. The first-order chi connectivity index (χ1) is 6.16. The van der Waals surface area contributed by atoms with E-state index in [1.54, 1.807) is 6.07 Å². The van der Waals surface area contributed by atoms with Crippen molar-refractivity contribution in [1.29, 1.82) is 0 Å². The van der Waals surface area contributed by atoms with Crippen LogP contribution in [0.15, 0.2) is 12.1 Å². The fraction of sp³-hybridized carbons (Fsp3) is 0.250. The molecule has 0 saturated carbocycles. The van der Waals surface area contributed by atoms with Gasteiger partial charge in [0.25, 0.3) is 0 Å². The van der Waals surface area contributed by atoms with E-state index in [1.165, 1.54) is 13.2 Å². The van der Waals surface area contributed by atoms with Gasteiger partial charge in [-0.05, 0) is 6.07 Å². The molecular formula is C8H10ClNO3. The number of phenols is 2. The topological polar surface area (TPSA) is 61.7 Å². The van der Waals surface area contributed by atoms with Crippen LogP contribution in [0.2, 0.25) is 5.02 Å². The summed E-state index contributed by atoms with van der Waals surface area (Å²) in [5.41, 5.74) is 3.06. The summed E-state index contributed by atoms with van der Waals surface area (Å²) in [6.45, 7) is 0.299. The molecule has 1 rings (SSSR count). The van der Waals surface area contributed by atoms with E-state index < -0.39 is 0 Å². The lowest BCUT2D eigenvalue weighted by molar-refractivity contribution is 0.0861. The number of phenolic OH excluding ortho intramolecular Hbond substituents is 2. The molecule has 5 heteroatoms. The molecule has 0 aliphatic heterocycles. The third-order valence-corrected chi connectivity index (χ3v) is 1.90. The van der Waals surface area contributed by atoms with E-state index >= 15 is 0 Å². The average molecular weight is 204 g/mol. The predicted octanol–water partition coefficient (Wildman–Crippen LogP) is 1.40. The van der Waals surface area contributed by atoms with Crippen LogP contribution in [0.4, 0.5) is 0 Å². The van der Waals surface area contributed by atoms with Gasteiger partial charge in [-0.2, -0.15) is 5.48 Å². The Kier molecular flexibility index (Phi) is 3.36. The minimum absolute atomic E-state index is 0.124. The average Bonchev–Trinajstić information content (AvgIpc) is 2.13. The molecular weight excluding hydrogens is 194 g/mol. The standard InChI is InChI=1S/C8H10ClNO3/c1-13-10-4-5-2-3-6(9)8(12)7(5)11/h2-3,10-12H,4H2,1H3. The van der Waals surface area contributed by atoms with Gasteiger partial charge in [-0.15, -0.1) is 0 Å². The van der Waals surface area contributed by atoms with Gasteiger partial charge in [-0.1, -0.05) is 17.7 Å². The second-order valence-electron chi connectivity index (χ2n) is 2.43. The van der Waals surface area contributed by atoms with Crippen LogP contribution < -0.4 is 5.48 Å². The molecule has 0 aromatic heterocycles. The van der Waals surface area contributed by atoms with E-state index in [1.807, 2.05) is 0 Å². The fourth-order valence-corrected chi connectivity index (χ4v) is 1.04. The molecule has 0 spiro atoms. The van der Waals surface area contributed by atoms with Crippen LogP contribution in [0, 0.1) is 0 Å². The van der Waals surface area contributed by atoms with Crippen LogP contribution in [-0.2, 0) is 11.4 Å². The van der Waals surface area contributed by atoms with E-state index in [2.05, 4.69) is 10.3 Å². The Morgan fingerprint density at radius 2 is 2.08 bits per heavy atom. The molecule has 0 saturated heterocycles.